The van der Waals surface area contributed by atoms with Gasteiger partial charge in [0.2, 0.25) is 5.88 Å². The monoisotopic (exact) mass is 462 g/mol. The molecule has 0 saturated heterocycles. The van der Waals surface area contributed by atoms with Crippen molar-refractivity contribution in [2.24, 2.45) is 10.7 Å². The molecule has 0 spiro atoms. The van der Waals surface area contributed by atoms with Crippen LogP contribution in [-0.2, 0) is 16.7 Å². The van der Waals surface area contributed by atoms with Gasteiger partial charge in [-0.05, 0) is 17.7 Å². The summed E-state index contributed by atoms with van der Waals surface area (Å²) >= 11 is 0. The standard InChI is InChI=1S/C19H16F6N4O3/c20-12-2-1-10(3-11(12)18(17(21)22)8-31-7-15(26)29-18)4-14(30)13-5-28-16(6-27-13)32-9-19(23,24)25/h1-3,5-6,17H,4,7-9H2,(H2,26,29)/t18-/m0/s1. The highest BCUT2D eigenvalue weighted by Crippen LogP contribution is 2.37. The molecule has 0 saturated carbocycles. The number of Topliss-reactive ketones (excluding diaryl/α,β-unsaturated/α-hetero) is 1. The fraction of sp³-hybridized carbons (Fsp3) is 0.368. The van der Waals surface area contributed by atoms with Gasteiger partial charge in [-0.3, -0.25) is 9.79 Å². The lowest BCUT2D eigenvalue weighted by molar-refractivity contribution is -0.154. The van der Waals surface area contributed by atoms with Crippen LogP contribution < -0.4 is 10.5 Å². The summed E-state index contributed by atoms with van der Waals surface area (Å²) in [5, 5.41) is 0. The lowest BCUT2D eigenvalue weighted by Gasteiger charge is -2.33. The van der Waals surface area contributed by atoms with E-state index in [-0.39, 0.29) is 30.1 Å². The summed E-state index contributed by atoms with van der Waals surface area (Å²) in [7, 11) is 0. The zero-order valence-corrected chi connectivity index (χ0v) is 16.2. The molecule has 1 atom stereocenters. The minimum atomic E-state index is -4.57. The summed E-state index contributed by atoms with van der Waals surface area (Å²) in [6, 6.07) is 3.21. The Morgan fingerprint density at radius 3 is 2.59 bits per heavy atom. The average molecular weight is 462 g/mol. The van der Waals surface area contributed by atoms with Gasteiger partial charge in [-0.1, -0.05) is 6.07 Å². The predicted octanol–water partition coefficient (Wildman–Crippen LogP) is 2.83. The van der Waals surface area contributed by atoms with Crippen molar-refractivity contribution in [3.8, 4) is 5.88 Å². The van der Waals surface area contributed by atoms with Crippen LogP contribution in [0.3, 0.4) is 0 Å². The summed E-state index contributed by atoms with van der Waals surface area (Å²) in [5.74, 6) is -2.27. The fourth-order valence-corrected chi connectivity index (χ4v) is 2.98. The van der Waals surface area contributed by atoms with E-state index < -0.39 is 54.4 Å². The van der Waals surface area contributed by atoms with Gasteiger partial charge in [0.15, 0.2) is 17.9 Å². The van der Waals surface area contributed by atoms with Crippen molar-refractivity contribution in [1.29, 1.82) is 0 Å². The fourth-order valence-electron chi connectivity index (χ4n) is 2.98. The highest BCUT2D eigenvalue weighted by molar-refractivity contribution is 5.95. The van der Waals surface area contributed by atoms with E-state index in [0.29, 0.717) is 0 Å². The van der Waals surface area contributed by atoms with Crippen LogP contribution >= 0.6 is 0 Å². The van der Waals surface area contributed by atoms with Crippen LogP contribution in [0.2, 0.25) is 0 Å². The van der Waals surface area contributed by atoms with Crippen molar-refractivity contribution in [3.63, 3.8) is 0 Å². The van der Waals surface area contributed by atoms with E-state index in [0.717, 1.165) is 24.5 Å². The number of halogens is 6. The third kappa shape index (κ3) is 5.33. The first-order valence-electron chi connectivity index (χ1n) is 9.04. The number of carbonyl (C=O) groups is 1. The highest BCUT2D eigenvalue weighted by atomic mass is 19.4. The van der Waals surface area contributed by atoms with E-state index in [4.69, 9.17) is 10.5 Å². The topological polar surface area (TPSA) is 99.7 Å². The third-order valence-corrected chi connectivity index (χ3v) is 4.44. The average Bonchev–Trinajstić information content (AvgIpc) is 2.73. The summed E-state index contributed by atoms with van der Waals surface area (Å²) in [6.07, 6.45) is -6.32. The van der Waals surface area contributed by atoms with Gasteiger partial charge in [0.1, 0.15) is 24.0 Å². The SMILES string of the molecule is NC1=N[C@@](c2cc(CC(=O)c3cnc(OCC(F)(F)F)cn3)ccc2F)(C(F)F)COC1. The Hall–Kier alpha value is -3.22. The zero-order chi connectivity index (χ0) is 23.5. The van der Waals surface area contributed by atoms with Gasteiger partial charge in [0.05, 0.1) is 19.0 Å². The van der Waals surface area contributed by atoms with Crippen LogP contribution in [0.4, 0.5) is 26.3 Å². The second-order valence-electron chi connectivity index (χ2n) is 6.88. The number of aromatic nitrogens is 2. The Labute approximate surface area is 177 Å². The molecule has 7 nitrogen and oxygen atoms in total. The zero-order valence-electron chi connectivity index (χ0n) is 16.2. The van der Waals surface area contributed by atoms with Gasteiger partial charge in [0, 0.05) is 12.0 Å². The summed E-state index contributed by atoms with van der Waals surface area (Å²) < 4.78 is 88.1. The number of alkyl halides is 5. The van der Waals surface area contributed by atoms with E-state index in [1.54, 1.807) is 0 Å². The Morgan fingerprint density at radius 1 is 1.25 bits per heavy atom. The number of amidine groups is 1. The first kappa shape index (κ1) is 23.4. The van der Waals surface area contributed by atoms with Crippen molar-refractivity contribution >= 4 is 11.6 Å². The number of rotatable bonds is 7. The number of ketones is 1. The number of nitrogens with two attached hydrogens (primary N) is 1. The molecular weight excluding hydrogens is 446 g/mol. The van der Waals surface area contributed by atoms with Gasteiger partial charge in [0.25, 0.3) is 6.43 Å². The lowest BCUT2D eigenvalue weighted by atomic mass is 9.88. The first-order chi connectivity index (χ1) is 15.0. The van der Waals surface area contributed by atoms with E-state index >= 15 is 0 Å². The molecule has 13 heteroatoms. The molecule has 1 aliphatic heterocycles. The molecule has 172 valence electrons. The first-order valence-corrected chi connectivity index (χ1v) is 9.04. The molecule has 0 amide bonds. The number of hydrogen-bond acceptors (Lipinski definition) is 7. The van der Waals surface area contributed by atoms with Gasteiger partial charge in [-0.25, -0.2) is 23.1 Å². The molecule has 2 N–H and O–H groups in total. The number of ether oxygens (including phenoxy) is 2. The molecule has 1 aromatic carbocycles. The largest absolute Gasteiger partial charge is 0.467 e. The molecule has 32 heavy (non-hydrogen) atoms. The predicted molar refractivity (Wildman–Crippen MR) is 98.1 cm³/mol. The van der Waals surface area contributed by atoms with Gasteiger partial charge in [-0.2, -0.15) is 13.2 Å². The molecule has 0 bridgehead atoms. The molecule has 0 unspecified atom stereocenters. The molecule has 3 rings (SSSR count). The molecule has 2 heterocycles. The van der Waals surface area contributed by atoms with Crippen LogP contribution in [0.1, 0.15) is 21.6 Å². The number of aliphatic imine (C=N–C) groups is 1. The number of nitrogens with zero attached hydrogens (tertiary/aromatic N) is 3. The summed E-state index contributed by atoms with van der Waals surface area (Å²) in [6.45, 7) is -2.35. The van der Waals surface area contributed by atoms with Crippen molar-refractivity contribution in [1.82, 2.24) is 9.97 Å². The summed E-state index contributed by atoms with van der Waals surface area (Å²) in [5.41, 5.74) is 2.64. The molecule has 0 aliphatic carbocycles. The minimum absolute atomic E-state index is 0.171. The maximum atomic E-state index is 14.4. The second kappa shape index (κ2) is 9.10. The van der Waals surface area contributed by atoms with Crippen molar-refractivity contribution in [2.75, 3.05) is 19.8 Å². The van der Waals surface area contributed by atoms with E-state index in [1.807, 2.05) is 0 Å². The van der Waals surface area contributed by atoms with Crippen LogP contribution in [0, 0.1) is 5.82 Å². The smallest absolute Gasteiger partial charge is 0.422 e. The Kier molecular flexibility index (Phi) is 6.67. The molecule has 1 aromatic heterocycles. The van der Waals surface area contributed by atoms with Gasteiger partial charge < -0.3 is 15.2 Å². The van der Waals surface area contributed by atoms with Gasteiger partial charge >= 0.3 is 6.18 Å². The van der Waals surface area contributed by atoms with E-state index in [9.17, 15) is 31.1 Å². The molecule has 0 radical (unpaired) electrons. The molecule has 2 aromatic rings. The molecular formula is C19H16F6N4O3. The Balaban J connectivity index is 1.80. The Bertz CT molecular complexity index is 1010. The van der Waals surface area contributed by atoms with Crippen LogP contribution in [0.15, 0.2) is 35.6 Å². The van der Waals surface area contributed by atoms with Crippen molar-refractivity contribution in [3.05, 3.63) is 53.2 Å². The van der Waals surface area contributed by atoms with Crippen LogP contribution in [0.25, 0.3) is 0 Å². The normalized spacial score (nSPS) is 19.0. The Morgan fingerprint density at radius 2 is 2.00 bits per heavy atom. The quantitative estimate of drug-likeness (QED) is 0.502. The van der Waals surface area contributed by atoms with E-state index in [2.05, 4.69) is 19.7 Å². The maximum Gasteiger partial charge on any atom is 0.422 e. The summed E-state index contributed by atoms with van der Waals surface area (Å²) in [4.78, 5) is 23.5. The number of hydrogen-bond donors (Lipinski definition) is 1. The second-order valence-corrected chi connectivity index (χ2v) is 6.88. The van der Waals surface area contributed by atoms with Gasteiger partial charge in [-0.15, -0.1) is 0 Å². The number of benzene rings is 1. The van der Waals surface area contributed by atoms with E-state index in [1.165, 1.54) is 6.07 Å². The van der Waals surface area contributed by atoms with Crippen LogP contribution in [0.5, 0.6) is 5.88 Å². The molecule has 0 fully saturated rings. The van der Waals surface area contributed by atoms with Crippen LogP contribution in [-0.4, -0.2) is 54.0 Å². The minimum Gasteiger partial charge on any atom is -0.467 e. The lowest BCUT2D eigenvalue weighted by Crippen LogP contribution is -2.45. The van der Waals surface area contributed by atoms with Crippen molar-refractivity contribution in [2.45, 2.75) is 24.6 Å². The third-order valence-electron chi connectivity index (χ3n) is 4.44. The number of carbonyl (C=O) groups excluding carboxylic acids is 1. The maximum absolute atomic E-state index is 14.4. The highest BCUT2D eigenvalue weighted by Gasteiger charge is 2.46. The molecule has 1 aliphatic rings. The van der Waals surface area contributed by atoms with Crippen molar-refractivity contribution < 1.29 is 40.6 Å².